The number of nitro groups is 1. The number of halogens is 1. The zero-order chi connectivity index (χ0) is 12.1. The van der Waals surface area contributed by atoms with E-state index in [0.717, 1.165) is 0 Å². The normalized spacial score (nSPS) is 11.1. The molecule has 0 spiro atoms. The Morgan fingerprint density at radius 3 is 2.50 bits per heavy atom. The average Bonchev–Trinajstić information content (AvgIpc) is 2.28. The summed E-state index contributed by atoms with van der Waals surface area (Å²) in [6.45, 7) is 0. The predicted octanol–water partition coefficient (Wildman–Crippen LogP) is 2.52. The van der Waals surface area contributed by atoms with Crippen molar-refractivity contribution in [1.82, 2.24) is 0 Å². The molecule has 0 amide bonds. The second kappa shape index (κ2) is 5.37. The van der Waals surface area contributed by atoms with Gasteiger partial charge < -0.3 is 9.47 Å². The number of methoxy groups -OCH3 is 2. The number of benzene rings is 1. The highest BCUT2D eigenvalue weighted by Crippen LogP contribution is 2.28. The monoisotopic (exact) mass is 243 g/mol. The van der Waals surface area contributed by atoms with Gasteiger partial charge in [0.05, 0.1) is 19.1 Å². The van der Waals surface area contributed by atoms with Crippen LogP contribution in [-0.4, -0.2) is 19.1 Å². The van der Waals surface area contributed by atoms with Crippen LogP contribution in [0.3, 0.4) is 0 Å². The largest absolute Gasteiger partial charge is 0.493 e. The van der Waals surface area contributed by atoms with E-state index in [1.807, 2.05) is 0 Å². The van der Waals surface area contributed by atoms with Crippen LogP contribution in [0.15, 0.2) is 23.4 Å². The van der Waals surface area contributed by atoms with Gasteiger partial charge in [0.15, 0.2) is 11.5 Å². The zero-order valence-corrected chi connectivity index (χ0v) is 9.52. The Balaban J connectivity index is 3.09. The first-order chi connectivity index (χ1) is 7.58. The van der Waals surface area contributed by atoms with E-state index in [1.165, 1.54) is 20.3 Å². The summed E-state index contributed by atoms with van der Waals surface area (Å²) in [5.41, 5.74) is 0.569. The van der Waals surface area contributed by atoms with E-state index in [-0.39, 0.29) is 0 Å². The molecule has 5 nitrogen and oxygen atoms in total. The lowest BCUT2D eigenvalue weighted by molar-refractivity contribution is -0.410. The van der Waals surface area contributed by atoms with Gasteiger partial charge in [-0.3, -0.25) is 10.1 Å². The minimum atomic E-state index is -0.668. The van der Waals surface area contributed by atoms with Crippen LogP contribution in [0, 0.1) is 10.1 Å². The molecule has 16 heavy (non-hydrogen) atoms. The SMILES string of the molecule is COc1ccc(/C=C(/Cl)[N+](=O)[O-])cc1OC. The highest BCUT2D eigenvalue weighted by atomic mass is 35.5. The van der Waals surface area contributed by atoms with Crippen LogP contribution in [0.5, 0.6) is 11.5 Å². The molecule has 1 aromatic rings. The fourth-order valence-electron chi connectivity index (χ4n) is 1.13. The fourth-order valence-corrected chi connectivity index (χ4v) is 1.26. The van der Waals surface area contributed by atoms with Crippen LogP contribution in [0.2, 0.25) is 0 Å². The summed E-state index contributed by atoms with van der Waals surface area (Å²) in [6, 6.07) is 4.90. The van der Waals surface area contributed by atoms with Crippen molar-refractivity contribution in [1.29, 1.82) is 0 Å². The number of nitrogens with zero attached hydrogens (tertiary/aromatic N) is 1. The lowest BCUT2D eigenvalue weighted by Crippen LogP contribution is -1.92. The van der Waals surface area contributed by atoms with Crippen LogP contribution in [0.1, 0.15) is 5.56 Å². The maximum absolute atomic E-state index is 10.3. The molecule has 6 heteroatoms. The van der Waals surface area contributed by atoms with Crippen molar-refractivity contribution in [3.63, 3.8) is 0 Å². The number of hydrogen-bond donors (Lipinski definition) is 0. The lowest BCUT2D eigenvalue weighted by atomic mass is 10.2. The first-order valence-corrected chi connectivity index (χ1v) is 4.70. The smallest absolute Gasteiger partial charge is 0.337 e. The van der Waals surface area contributed by atoms with E-state index < -0.39 is 10.1 Å². The second-order valence-electron chi connectivity index (χ2n) is 2.84. The molecule has 0 aromatic heterocycles. The molecule has 0 heterocycles. The quantitative estimate of drug-likeness (QED) is 0.463. The molecule has 1 aromatic carbocycles. The van der Waals surface area contributed by atoms with E-state index >= 15 is 0 Å². The Bertz CT molecular complexity index is 431. The van der Waals surface area contributed by atoms with Crippen molar-refractivity contribution in [2.75, 3.05) is 14.2 Å². The molecule has 0 radical (unpaired) electrons. The summed E-state index contributed by atoms with van der Waals surface area (Å²) >= 11 is 5.41. The van der Waals surface area contributed by atoms with Gasteiger partial charge in [0, 0.05) is 6.08 Å². The van der Waals surface area contributed by atoms with E-state index in [2.05, 4.69) is 0 Å². The summed E-state index contributed by atoms with van der Waals surface area (Å²) in [5, 5.41) is 9.88. The average molecular weight is 244 g/mol. The maximum atomic E-state index is 10.3. The Hall–Kier alpha value is -1.75. The molecular formula is C10H10ClNO4. The minimum absolute atomic E-state index is 0.452. The topological polar surface area (TPSA) is 61.6 Å². The van der Waals surface area contributed by atoms with Gasteiger partial charge in [-0.2, -0.15) is 0 Å². The molecule has 0 bridgehead atoms. The van der Waals surface area contributed by atoms with Gasteiger partial charge in [-0.25, -0.2) is 0 Å². The first-order valence-electron chi connectivity index (χ1n) is 4.32. The minimum Gasteiger partial charge on any atom is -0.493 e. The Morgan fingerprint density at radius 2 is 2.00 bits per heavy atom. The molecule has 0 fully saturated rings. The van der Waals surface area contributed by atoms with Crippen molar-refractivity contribution in [2.24, 2.45) is 0 Å². The van der Waals surface area contributed by atoms with Gasteiger partial charge in [0.25, 0.3) is 0 Å². The second-order valence-corrected chi connectivity index (χ2v) is 3.23. The molecule has 0 N–H and O–H groups in total. The van der Waals surface area contributed by atoms with Gasteiger partial charge in [-0.15, -0.1) is 0 Å². The van der Waals surface area contributed by atoms with Gasteiger partial charge in [-0.05, 0) is 29.3 Å². The van der Waals surface area contributed by atoms with E-state index in [1.54, 1.807) is 18.2 Å². The zero-order valence-electron chi connectivity index (χ0n) is 8.77. The van der Waals surface area contributed by atoms with Crippen LogP contribution in [-0.2, 0) is 0 Å². The molecule has 0 unspecified atom stereocenters. The summed E-state index contributed by atoms with van der Waals surface area (Å²) < 4.78 is 10.1. The summed E-state index contributed by atoms with van der Waals surface area (Å²) in [5.74, 6) is 1.04. The van der Waals surface area contributed by atoms with Crippen molar-refractivity contribution < 1.29 is 14.4 Å². The molecule has 1 rings (SSSR count). The standard InChI is InChI=1S/C10H10ClNO4/c1-15-8-4-3-7(5-9(8)16-2)6-10(11)12(13)14/h3-6H,1-2H3/b10-6-. The summed E-state index contributed by atoms with van der Waals surface area (Å²) in [7, 11) is 3.00. The van der Waals surface area contributed by atoms with Crippen LogP contribution in [0.25, 0.3) is 6.08 Å². The van der Waals surface area contributed by atoms with Crippen molar-refractivity contribution in [3.8, 4) is 11.5 Å². The maximum Gasteiger partial charge on any atom is 0.337 e. The van der Waals surface area contributed by atoms with E-state index in [0.29, 0.717) is 17.1 Å². The molecule has 0 saturated carbocycles. The van der Waals surface area contributed by atoms with Crippen molar-refractivity contribution >= 4 is 17.7 Å². The molecule has 0 saturated heterocycles. The van der Waals surface area contributed by atoms with Crippen LogP contribution < -0.4 is 9.47 Å². The number of rotatable bonds is 4. The molecule has 0 atom stereocenters. The predicted molar refractivity (Wildman–Crippen MR) is 60.4 cm³/mol. The fraction of sp³-hybridized carbons (Fsp3) is 0.200. The molecule has 0 aliphatic rings. The van der Waals surface area contributed by atoms with E-state index in [4.69, 9.17) is 21.1 Å². The summed E-state index contributed by atoms with van der Waals surface area (Å²) in [6.07, 6.45) is 1.24. The number of hydrogen-bond acceptors (Lipinski definition) is 4. The van der Waals surface area contributed by atoms with E-state index in [9.17, 15) is 10.1 Å². The van der Waals surface area contributed by atoms with Gasteiger partial charge in [0.1, 0.15) is 0 Å². The van der Waals surface area contributed by atoms with Gasteiger partial charge >= 0.3 is 5.16 Å². The molecular weight excluding hydrogens is 234 g/mol. The third-order valence-electron chi connectivity index (χ3n) is 1.87. The summed E-state index contributed by atoms with van der Waals surface area (Å²) in [4.78, 5) is 9.66. The molecule has 0 aliphatic carbocycles. The van der Waals surface area contributed by atoms with Gasteiger partial charge in [0.2, 0.25) is 0 Å². The molecule has 0 aliphatic heterocycles. The third kappa shape index (κ3) is 2.87. The van der Waals surface area contributed by atoms with Crippen molar-refractivity contribution in [3.05, 3.63) is 39.0 Å². The Labute approximate surface area is 97.4 Å². The van der Waals surface area contributed by atoms with Gasteiger partial charge in [-0.1, -0.05) is 6.07 Å². The van der Waals surface area contributed by atoms with Crippen molar-refractivity contribution in [2.45, 2.75) is 0 Å². The highest BCUT2D eigenvalue weighted by Gasteiger charge is 2.08. The third-order valence-corrected chi connectivity index (χ3v) is 2.11. The Morgan fingerprint density at radius 1 is 1.38 bits per heavy atom. The number of ether oxygens (including phenoxy) is 2. The van der Waals surface area contributed by atoms with Crippen LogP contribution >= 0.6 is 11.6 Å². The van der Waals surface area contributed by atoms with Crippen LogP contribution in [0.4, 0.5) is 0 Å². The first kappa shape index (κ1) is 12.3. The molecule has 86 valence electrons. The lowest BCUT2D eigenvalue weighted by Gasteiger charge is -2.07. The highest BCUT2D eigenvalue weighted by molar-refractivity contribution is 6.29. The Kier molecular flexibility index (Phi) is 4.13.